The maximum absolute atomic E-state index is 13.3. The predicted octanol–water partition coefficient (Wildman–Crippen LogP) is 3.13. The number of furan rings is 1. The summed E-state index contributed by atoms with van der Waals surface area (Å²) >= 11 is 0. The molecule has 1 saturated heterocycles. The van der Waals surface area contributed by atoms with Gasteiger partial charge in [0.25, 0.3) is 5.91 Å². The van der Waals surface area contributed by atoms with Gasteiger partial charge in [-0.2, -0.15) is 4.31 Å². The largest absolute Gasteiger partial charge is 0.467 e. The first-order valence-electron chi connectivity index (χ1n) is 10.6. The van der Waals surface area contributed by atoms with Crippen LogP contribution in [0.15, 0.2) is 39.8 Å². The minimum Gasteiger partial charge on any atom is -0.467 e. The number of ether oxygens (including phenoxy) is 1. The number of benzene rings is 1. The molecule has 174 valence electrons. The van der Waals surface area contributed by atoms with Gasteiger partial charge in [0.15, 0.2) is 6.61 Å². The molecule has 0 N–H and O–H groups in total. The third kappa shape index (κ3) is 5.39. The van der Waals surface area contributed by atoms with Gasteiger partial charge in [-0.25, -0.2) is 13.2 Å². The first-order valence-corrected chi connectivity index (χ1v) is 12.1. The number of amides is 1. The van der Waals surface area contributed by atoms with Gasteiger partial charge < -0.3 is 14.1 Å². The quantitative estimate of drug-likeness (QED) is 0.587. The van der Waals surface area contributed by atoms with E-state index in [1.165, 1.54) is 21.5 Å². The molecule has 1 aromatic heterocycles. The molecule has 9 heteroatoms. The summed E-state index contributed by atoms with van der Waals surface area (Å²) in [5.41, 5.74) is 1.39. The average Bonchev–Trinajstić information content (AvgIpc) is 3.26. The van der Waals surface area contributed by atoms with Crippen molar-refractivity contribution in [1.82, 2.24) is 9.21 Å². The summed E-state index contributed by atoms with van der Waals surface area (Å²) in [4.78, 5) is 26.4. The molecular formula is C23H30N2O6S. The normalized spacial score (nSPS) is 15.5. The standard InChI is InChI=1S/C23H30N2O6S/c1-16-7-9-25(10-8-16)32(28,29)21-13-19(12-17(2)18(21)3)23(27)31-15-22(26)24(4)14-20-6-5-11-30-20/h5-6,11-13,16H,7-10,14-15H2,1-4H3. The molecule has 1 amide bonds. The number of hydrogen-bond donors (Lipinski definition) is 0. The summed E-state index contributed by atoms with van der Waals surface area (Å²) in [7, 11) is -2.15. The van der Waals surface area contributed by atoms with Gasteiger partial charge in [-0.3, -0.25) is 4.79 Å². The fourth-order valence-corrected chi connectivity index (χ4v) is 5.42. The van der Waals surface area contributed by atoms with E-state index >= 15 is 0 Å². The highest BCUT2D eigenvalue weighted by atomic mass is 32.2. The minimum atomic E-state index is -3.73. The van der Waals surface area contributed by atoms with Crippen molar-refractivity contribution < 1.29 is 27.2 Å². The first kappa shape index (κ1) is 24.0. The Hall–Kier alpha value is -2.65. The van der Waals surface area contributed by atoms with Crippen LogP contribution in [0.3, 0.4) is 0 Å². The Balaban J connectivity index is 1.72. The van der Waals surface area contributed by atoms with Crippen molar-refractivity contribution in [2.75, 3.05) is 26.7 Å². The van der Waals surface area contributed by atoms with E-state index in [1.54, 1.807) is 39.1 Å². The molecule has 2 heterocycles. The average molecular weight is 463 g/mol. The van der Waals surface area contributed by atoms with Crippen molar-refractivity contribution in [1.29, 1.82) is 0 Å². The predicted molar refractivity (Wildman–Crippen MR) is 119 cm³/mol. The monoisotopic (exact) mass is 462 g/mol. The molecule has 1 aromatic carbocycles. The van der Waals surface area contributed by atoms with Crippen molar-refractivity contribution in [3.8, 4) is 0 Å². The SMILES string of the molecule is Cc1cc(C(=O)OCC(=O)N(C)Cc2ccco2)cc(S(=O)(=O)N2CCC(C)CC2)c1C. The lowest BCUT2D eigenvalue weighted by molar-refractivity contribution is -0.133. The van der Waals surface area contributed by atoms with Gasteiger partial charge >= 0.3 is 5.97 Å². The number of piperidine rings is 1. The Morgan fingerprint density at radius 1 is 1.22 bits per heavy atom. The van der Waals surface area contributed by atoms with E-state index in [4.69, 9.17) is 9.15 Å². The Bertz CT molecular complexity index is 1070. The molecule has 0 radical (unpaired) electrons. The number of nitrogens with zero attached hydrogens (tertiary/aromatic N) is 2. The Morgan fingerprint density at radius 2 is 1.91 bits per heavy atom. The van der Waals surface area contributed by atoms with Crippen molar-refractivity contribution in [3.63, 3.8) is 0 Å². The van der Waals surface area contributed by atoms with Crippen molar-refractivity contribution in [2.24, 2.45) is 5.92 Å². The van der Waals surface area contributed by atoms with Crippen molar-refractivity contribution in [3.05, 3.63) is 53.0 Å². The van der Waals surface area contributed by atoms with Crippen LogP contribution in [0.25, 0.3) is 0 Å². The lowest BCUT2D eigenvalue weighted by Gasteiger charge is -2.30. The molecule has 0 aliphatic carbocycles. The van der Waals surface area contributed by atoms with Gasteiger partial charge in [0, 0.05) is 20.1 Å². The van der Waals surface area contributed by atoms with Crippen molar-refractivity contribution >= 4 is 21.9 Å². The smallest absolute Gasteiger partial charge is 0.338 e. The van der Waals surface area contributed by atoms with Gasteiger partial charge in [-0.1, -0.05) is 6.92 Å². The van der Waals surface area contributed by atoms with Crippen LogP contribution in [0.4, 0.5) is 0 Å². The van der Waals surface area contributed by atoms with Crippen LogP contribution >= 0.6 is 0 Å². The van der Waals surface area contributed by atoms with E-state index in [1.807, 2.05) is 0 Å². The van der Waals surface area contributed by atoms with Crippen LogP contribution in [0.1, 0.15) is 47.0 Å². The zero-order valence-electron chi connectivity index (χ0n) is 19.0. The summed E-state index contributed by atoms with van der Waals surface area (Å²) in [5, 5.41) is 0. The lowest BCUT2D eigenvalue weighted by atomic mass is 10.0. The summed E-state index contributed by atoms with van der Waals surface area (Å²) in [5.74, 6) is -0.0252. The molecule has 0 bridgehead atoms. The number of hydrogen-bond acceptors (Lipinski definition) is 6. The van der Waals surface area contributed by atoms with Crippen molar-refractivity contribution in [2.45, 2.75) is 45.1 Å². The molecule has 1 aliphatic heterocycles. The van der Waals surface area contributed by atoms with Crippen LogP contribution in [-0.4, -0.2) is 56.2 Å². The maximum atomic E-state index is 13.3. The van der Waals surface area contributed by atoms with Crippen LogP contribution in [0.5, 0.6) is 0 Å². The second-order valence-electron chi connectivity index (χ2n) is 8.41. The van der Waals surface area contributed by atoms with Gasteiger partial charge in [-0.05, 0) is 68.0 Å². The zero-order valence-corrected chi connectivity index (χ0v) is 19.8. The summed E-state index contributed by atoms with van der Waals surface area (Å²) in [6.45, 7) is 6.34. The third-order valence-electron chi connectivity index (χ3n) is 5.94. The second kappa shape index (κ2) is 9.87. The number of sulfonamides is 1. The molecule has 8 nitrogen and oxygen atoms in total. The third-order valence-corrected chi connectivity index (χ3v) is 7.97. The lowest BCUT2D eigenvalue weighted by Crippen LogP contribution is -2.38. The van der Waals surface area contributed by atoms with Gasteiger partial charge in [0.1, 0.15) is 5.76 Å². The fraction of sp³-hybridized carbons (Fsp3) is 0.478. The van der Waals surface area contributed by atoms with E-state index in [-0.39, 0.29) is 17.0 Å². The molecule has 0 spiro atoms. The molecule has 1 aliphatic rings. The molecule has 1 fully saturated rings. The highest BCUT2D eigenvalue weighted by molar-refractivity contribution is 7.89. The number of rotatable bonds is 7. The fourth-order valence-electron chi connectivity index (χ4n) is 3.62. The maximum Gasteiger partial charge on any atom is 0.338 e. The van der Waals surface area contributed by atoms with Crippen LogP contribution in [0, 0.1) is 19.8 Å². The number of carbonyl (C=O) groups is 2. The topological polar surface area (TPSA) is 97.1 Å². The van der Waals surface area contributed by atoms with Crippen LogP contribution in [0.2, 0.25) is 0 Å². The van der Waals surface area contributed by atoms with Gasteiger partial charge in [-0.15, -0.1) is 0 Å². The molecule has 0 unspecified atom stereocenters. The molecular weight excluding hydrogens is 432 g/mol. The highest BCUT2D eigenvalue weighted by Crippen LogP contribution is 2.28. The number of esters is 1. The summed E-state index contributed by atoms with van der Waals surface area (Å²) in [6, 6.07) is 6.42. The number of carbonyl (C=O) groups excluding carboxylic acids is 2. The van der Waals surface area contributed by atoms with Gasteiger partial charge in [0.05, 0.1) is 23.3 Å². The van der Waals surface area contributed by atoms with E-state index in [9.17, 15) is 18.0 Å². The number of aryl methyl sites for hydroxylation is 1. The summed E-state index contributed by atoms with van der Waals surface area (Å²) < 4.78 is 38.4. The Morgan fingerprint density at radius 3 is 2.53 bits per heavy atom. The minimum absolute atomic E-state index is 0.110. The second-order valence-corrected chi connectivity index (χ2v) is 10.3. The molecule has 32 heavy (non-hydrogen) atoms. The first-order chi connectivity index (χ1) is 15.1. The van der Waals surface area contributed by atoms with Crippen LogP contribution in [-0.2, 0) is 26.1 Å². The van der Waals surface area contributed by atoms with Gasteiger partial charge in [0.2, 0.25) is 10.0 Å². The zero-order chi connectivity index (χ0) is 23.5. The Labute approximate surface area is 189 Å². The van der Waals surface area contributed by atoms with E-state index < -0.39 is 28.5 Å². The molecule has 3 rings (SSSR count). The Kier molecular flexibility index (Phi) is 7.40. The van der Waals surface area contributed by atoms with E-state index in [0.717, 1.165) is 12.8 Å². The number of likely N-dealkylation sites (N-methyl/N-ethyl adjacent to an activating group) is 1. The van der Waals surface area contributed by atoms with E-state index in [0.29, 0.717) is 35.9 Å². The van der Waals surface area contributed by atoms with Crippen LogP contribution < -0.4 is 0 Å². The van der Waals surface area contributed by atoms with E-state index in [2.05, 4.69) is 6.92 Å². The molecule has 0 atom stereocenters. The highest BCUT2D eigenvalue weighted by Gasteiger charge is 2.30. The molecule has 0 saturated carbocycles. The summed E-state index contributed by atoms with van der Waals surface area (Å²) in [6.07, 6.45) is 3.14. The molecule has 2 aromatic rings.